The highest BCUT2D eigenvalue weighted by molar-refractivity contribution is 5.48. The van der Waals surface area contributed by atoms with Crippen molar-refractivity contribution < 1.29 is 16.1 Å². The van der Waals surface area contributed by atoms with Crippen molar-refractivity contribution >= 4 is 6.29 Å². The molecule has 0 radical (unpaired) electrons. The van der Waals surface area contributed by atoms with E-state index in [9.17, 15) is 9.90 Å². The van der Waals surface area contributed by atoms with Crippen molar-refractivity contribution in [3.8, 4) is 0 Å². The second kappa shape index (κ2) is 10.2. The van der Waals surface area contributed by atoms with Crippen LogP contribution < -0.4 is 0 Å². The van der Waals surface area contributed by atoms with Gasteiger partial charge in [-0.15, -0.1) is 0 Å². The van der Waals surface area contributed by atoms with Gasteiger partial charge in [-0.05, 0) is 130 Å². The molecule has 4 heteroatoms. The molecule has 5 saturated carbocycles. The Hall–Kier alpha value is -0.450. The number of nitrogens with zero attached hydrogens (tertiary/aromatic N) is 1. The summed E-state index contributed by atoms with van der Waals surface area (Å²) in [5, 5.41) is 10.8. The molecule has 10 atom stereocenters. The number of carbonyl (C=O) groups excluding carboxylic acids is 1. The molecule has 0 aromatic rings. The van der Waals surface area contributed by atoms with Gasteiger partial charge in [0.25, 0.3) is 0 Å². The lowest BCUT2D eigenvalue weighted by molar-refractivity contribution is -0.135. The summed E-state index contributed by atoms with van der Waals surface area (Å²) >= 11 is 0. The average molecular weight is 518 g/mol. The van der Waals surface area contributed by atoms with Gasteiger partial charge in [0.1, 0.15) is 6.29 Å². The zero-order chi connectivity index (χ0) is 26.6. The second-order valence-corrected chi connectivity index (χ2v) is 15.1. The first kappa shape index (κ1) is 28.1. The van der Waals surface area contributed by atoms with Gasteiger partial charge in [0.05, 0.1) is 18.3 Å². The zero-order valence-electron chi connectivity index (χ0n) is 24.9. The number of aliphatic hydroxyl groups excluding tert-OH is 1. The van der Waals surface area contributed by atoms with Crippen LogP contribution in [0.1, 0.15) is 120 Å². The number of unbranched alkanes of at least 4 members (excludes halogenated alkanes) is 1. The molecule has 6 rings (SSSR count). The molecular formula is C33H59NO3. The van der Waals surface area contributed by atoms with E-state index in [2.05, 4.69) is 39.6 Å². The van der Waals surface area contributed by atoms with Crippen molar-refractivity contribution in [3.05, 3.63) is 0 Å². The predicted molar refractivity (Wildman–Crippen MR) is 152 cm³/mol. The number of aldehydes is 1. The van der Waals surface area contributed by atoms with E-state index in [1.165, 1.54) is 77.2 Å². The van der Waals surface area contributed by atoms with E-state index in [0.717, 1.165) is 42.9 Å². The van der Waals surface area contributed by atoms with E-state index in [4.69, 9.17) is 4.74 Å². The van der Waals surface area contributed by atoms with Crippen LogP contribution >= 0.6 is 0 Å². The number of carbonyl (C=O) groups is 1. The Bertz CT molecular complexity index is 835. The van der Waals surface area contributed by atoms with Crippen molar-refractivity contribution in [1.29, 1.82) is 0 Å². The third-order valence-electron chi connectivity index (χ3n) is 13.2. The van der Waals surface area contributed by atoms with Gasteiger partial charge in [-0.3, -0.25) is 0 Å². The van der Waals surface area contributed by atoms with Crippen LogP contribution in [0.4, 0.5) is 0 Å². The number of aliphatic hydroxyl groups is 1. The fraction of sp³-hybridized carbons (Fsp3) is 0.970. The summed E-state index contributed by atoms with van der Waals surface area (Å²) in [5.41, 5.74) is 1.81. The van der Waals surface area contributed by atoms with Crippen LogP contribution in [0.2, 0.25) is 0 Å². The standard InChI is InChI=1S/C30H51NO2.C3H6O.H2/c1-6-7-16-31(5)18-20-8-9-22-24(33-20)17-23-21-10-11-25-27(2,3)26(32)12-13-30(25)19-29(21,30)15-14-28(22,23)4;1-2-3-4;/h20-26,32H,6-19H2,1-5H3;3H,2H2,1H3;1H/t20?,21?,22?,23?,24?,25?,26-,28?,29?,30?;;/m0../s1. The molecule has 1 saturated heterocycles. The maximum atomic E-state index is 10.8. The van der Waals surface area contributed by atoms with E-state index < -0.39 is 0 Å². The summed E-state index contributed by atoms with van der Waals surface area (Å²) in [5.74, 6) is 3.36. The molecule has 0 bridgehead atoms. The molecule has 1 N–H and O–H groups in total. The summed E-state index contributed by atoms with van der Waals surface area (Å²) in [4.78, 5) is 11.7. The Kier molecular flexibility index (Phi) is 7.73. The number of likely N-dealkylation sites (N-methyl/N-ethyl adjacent to an activating group) is 1. The smallest absolute Gasteiger partial charge is 0.119 e. The molecule has 214 valence electrons. The highest BCUT2D eigenvalue weighted by atomic mass is 16.5. The van der Waals surface area contributed by atoms with Crippen LogP contribution in [0, 0.1) is 45.3 Å². The van der Waals surface area contributed by atoms with Crippen molar-refractivity contribution in [2.75, 3.05) is 20.1 Å². The third kappa shape index (κ3) is 4.29. The molecule has 6 fully saturated rings. The zero-order valence-corrected chi connectivity index (χ0v) is 24.9. The minimum absolute atomic E-state index is 0. The average Bonchev–Trinajstić information content (AvgIpc) is 3.46. The lowest BCUT2D eigenvalue weighted by atomic mass is 9.46. The SMILES string of the molecule is CCC=O.CCCCN(C)CC1CCC2C(CC3C4CCC5C(C)(C)[C@@H](O)CCC56CC46CCC23C)O1.[HH]. The fourth-order valence-electron chi connectivity index (χ4n) is 11.3. The van der Waals surface area contributed by atoms with Gasteiger partial charge >= 0.3 is 0 Å². The molecule has 4 nitrogen and oxygen atoms in total. The first-order chi connectivity index (χ1) is 17.6. The summed E-state index contributed by atoms with van der Waals surface area (Å²) in [6.07, 6.45) is 18.5. The van der Waals surface area contributed by atoms with Crippen LogP contribution in [0.5, 0.6) is 0 Å². The Labute approximate surface area is 229 Å². The largest absolute Gasteiger partial charge is 0.393 e. The molecule has 37 heavy (non-hydrogen) atoms. The molecule has 9 unspecified atom stereocenters. The van der Waals surface area contributed by atoms with Crippen LogP contribution in [-0.4, -0.2) is 54.7 Å². The highest BCUT2D eigenvalue weighted by Crippen LogP contribution is 2.87. The topological polar surface area (TPSA) is 49.8 Å². The Morgan fingerprint density at radius 1 is 0.973 bits per heavy atom. The molecule has 0 aromatic carbocycles. The van der Waals surface area contributed by atoms with E-state index in [1.807, 2.05) is 6.92 Å². The van der Waals surface area contributed by atoms with Gasteiger partial charge in [-0.1, -0.05) is 41.0 Å². The molecular weight excluding hydrogens is 458 g/mol. The van der Waals surface area contributed by atoms with E-state index in [1.54, 1.807) is 0 Å². The van der Waals surface area contributed by atoms with Crippen LogP contribution in [0.3, 0.4) is 0 Å². The molecule has 0 amide bonds. The second-order valence-electron chi connectivity index (χ2n) is 15.1. The van der Waals surface area contributed by atoms with Gasteiger partial charge in [0, 0.05) is 14.4 Å². The first-order valence-corrected chi connectivity index (χ1v) is 16.0. The number of fused-ring (bicyclic) bond motifs is 4. The maximum absolute atomic E-state index is 10.8. The Morgan fingerprint density at radius 2 is 1.70 bits per heavy atom. The van der Waals surface area contributed by atoms with E-state index in [0.29, 0.717) is 34.9 Å². The number of rotatable bonds is 6. The molecule has 0 aromatic heterocycles. The lowest BCUT2D eigenvalue weighted by Gasteiger charge is -2.59. The fourth-order valence-corrected chi connectivity index (χ4v) is 11.3. The van der Waals surface area contributed by atoms with Crippen molar-refractivity contribution in [2.24, 2.45) is 45.3 Å². The molecule has 2 spiro atoms. The Balaban J connectivity index is 0.000000630. The first-order valence-electron chi connectivity index (χ1n) is 16.0. The van der Waals surface area contributed by atoms with Crippen molar-refractivity contribution in [2.45, 2.75) is 136 Å². The van der Waals surface area contributed by atoms with Gasteiger partial charge < -0.3 is 19.5 Å². The number of ether oxygens (including phenoxy) is 1. The number of hydrogen-bond donors (Lipinski definition) is 1. The molecule has 6 aliphatic rings. The molecule has 5 aliphatic carbocycles. The molecule has 1 aliphatic heterocycles. The quantitative estimate of drug-likeness (QED) is 0.381. The van der Waals surface area contributed by atoms with Gasteiger partial charge in [-0.25, -0.2) is 0 Å². The minimum atomic E-state index is -0.0914. The normalized spacial score (nSPS) is 48.9. The summed E-state index contributed by atoms with van der Waals surface area (Å²) < 4.78 is 6.92. The van der Waals surface area contributed by atoms with E-state index >= 15 is 0 Å². The van der Waals surface area contributed by atoms with Crippen LogP contribution in [0.25, 0.3) is 0 Å². The van der Waals surface area contributed by atoms with Crippen molar-refractivity contribution in [1.82, 2.24) is 4.90 Å². The third-order valence-corrected chi connectivity index (χ3v) is 13.2. The van der Waals surface area contributed by atoms with E-state index in [-0.39, 0.29) is 12.9 Å². The van der Waals surface area contributed by atoms with Crippen LogP contribution in [0.15, 0.2) is 0 Å². The highest BCUT2D eigenvalue weighted by Gasteiger charge is 2.80. The number of hydrogen-bond acceptors (Lipinski definition) is 4. The minimum Gasteiger partial charge on any atom is -0.393 e. The predicted octanol–water partition coefficient (Wildman–Crippen LogP) is 7.13. The lowest BCUT2D eigenvalue weighted by Crippen LogP contribution is -2.54. The van der Waals surface area contributed by atoms with Crippen molar-refractivity contribution in [3.63, 3.8) is 0 Å². The summed E-state index contributed by atoms with van der Waals surface area (Å²) in [6, 6.07) is 0. The summed E-state index contributed by atoms with van der Waals surface area (Å²) in [6.45, 7) is 13.9. The maximum Gasteiger partial charge on any atom is 0.119 e. The monoisotopic (exact) mass is 517 g/mol. The van der Waals surface area contributed by atoms with Gasteiger partial charge in [0.15, 0.2) is 0 Å². The van der Waals surface area contributed by atoms with Gasteiger partial charge in [0.2, 0.25) is 0 Å². The Morgan fingerprint density at radius 3 is 2.41 bits per heavy atom. The van der Waals surface area contributed by atoms with Gasteiger partial charge in [-0.2, -0.15) is 0 Å². The van der Waals surface area contributed by atoms with Crippen LogP contribution in [-0.2, 0) is 9.53 Å². The molecule has 1 heterocycles. The summed E-state index contributed by atoms with van der Waals surface area (Å²) in [7, 11) is 2.29.